The Morgan fingerprint density at radius 2 is 1.84 bits per heavy atom. The number of carbonyl (C=O) groups excluding carboxylic acids is 1. The summed E-state index contributed by atoms with van der Waals surface area (Å²) in [7, 11) is 0. The lowest BCUT2D eigenvalue weighted by Crippen LogP contribution is -2.12. The molecule has 4 aromatic rings. The molecule has 0 atom stereocenters. The van der Waals surface area contributed by atoms with E-state index in [1.807, 2.05) is 60.7 Å². The molecule has 0 radical (unpaired) electrons. The highest BCUT2D eigenvalue weighted by molar-refractivity contribution is 7.14. The molecular weight excluding hydrogens is 332 g/mol. The summed E-state index contributed by atoms with van der Waals surface area (Å²) < 4.78 is 0. The van der Waals surface area contributed by atoms with Crippen molar-refractivity contribution in [2.45, 2.75) is 0 Å². The van der Waals surface area contributed by atoms with Crippen molar-refractivity contribution in [2.24, 2.45) is 0 Å². The number of nitrogens with one attached hydrogen (secondary N) is 2. The Labute approximate surface area is 148 Å². The van der Waals surface area contributed by atoms with Gasteiger partial charge >= 0.3 is 0 Å². The maximum absolute atomic E-state index is 12.3. The van der Waals surface area contributed by atoms with Crippen molar-refractivity contribution in [3.05, 3.63) is 77.9 Å². The molecule has 0 aliphatic heterocycles. The lowest BCUT2D eigenvalue weighted by molar-refractivity contribution is 0.102. The van der Waals surface area contributed by atoms with Gasteiger partial charge in [-0.05, 0) is 36.4 Å². The summed E-state index contributed by atoms with van der Waals surface area (Å²) in [4.78, 5) is 20.9. The molecule has 0 bridgehead atoms. The molecular formula is C19H14N4OS. The fourth-order valence-corrected chi connectivity index (χ4v) is 3.14. The predicted molar refractivity (Wildman–Crippen MR) is 102 cm³/mol. The van der Waals surface area contributed by atoms with E-state index >= 15 is 0 Å². The number of amides is 1. The fraction of sp³-hybridized carbons (Fsp3) is 0. The number of aromatic nitrogens is 2. The van der Waals surface area contributed by atoms with Gasteiger partial charge in [-0.1, -0.05) is 24.3 Å². The van der Waals surface area contributed by atoms with Crippen molar-refractivity contribution in [2.75, 3.05) is 10.6 Å². The molecule has 0 saturated heterocycles. The Kier molecular flexibility index (Phi) is 4.10. The topological polar surface area (TPSA) is 66.9 Å². The highest BCUT2D eigenvalue weighted by atomic mass is 32.1. The molecule has 2 aromatic carbocycles. The first-order valence-electron chi connectivity index (χ1n) is 7.72. The lowest BCUT2D eigenvalue weighted by Gasteiger charge is -2.04. The van der Waals surface area contributed by atoms with E-state index < -0.39 is 0 Å². The number of thiazole rings is 1. The molecule has 0 saturated carbocycles. The van der Waals surface area contributed by atoms with Gasteiger partial charge in [0.25, 0.3) is 5.91 Å². The predicted octanol–water partition coefficient (Wildman–Crippen LogP) is 4.69. The van der Waals surface area contributed by atoms with Gasteiger partial charge in [0.1, 0.15) is 5.69 Å². The molecule has 0 unspecified atom stereocenters. The number of carbonyl (C=O) groups is 1. The van der Waals surface area contributed by atoms with Gasteiger partial charge in [-0.3, -0.25) is 9.78 Å². The molecule has 0 aliphatic rings. The number of anilines is 3. The van der Waals surface area contributed by atoms with Crippen LogP contribution in [-0.4, -0.2) is 15.9 Å². The van der Waals surface area contributed by atoms with Crippen molar-refractivity contribution in [1.29, 1.82) is 0 Å². The summed E-state index contributed by atoms with van der Waals surface area (Å²) in [6.07, 6.45) is 1.77. The minimum atomic E-state index is -0.224. The SMILES string of the molecule is O=C(Nc1ccccc1)c1csc(Nc2ccc3ncccc3c2)n1. The van der Waals surface area contributed by atoms with Gasteiger partial charge in [-0.2, -0.15) is 0 Å². The van der Waals surface area contributed by atoms with Crippen molar-refractivity contribution < 1.29 is 4.79 Å². The zero-order valence-corrected chi connectivity index (χ0v) is 14.0. The highest BCUT2D eigenvalue weighted by Gasteiger charge is 2.11. The van der Waals surface area contributed by atoms with E-state index in [2.05, 4.69) is 20.6 Å². The van der Waals surface area contributed by atoms with Crippen LogP contribution in [0, 0.1) is 0 Å². The molecule has 2 N–H and O–H groups in total. The largest absolute Gasteiger partial charge is 0.332 e. The maximum atomic E-state index is 12.3. The maximum Gasteiger partial charge on any atom is 0.275 e. The zero-order valence-electron chi connectivity index (χ0n) is 13.1. The molecule has 0 fully saturated rings. The minimum Gasteiger partial charge on any atom is -0.332 e. The van der Waals surface area contributed by atoms with Crippen LogP contribution in [-0.2, 0) is 0 Å². The number of rotatable bonds is 4. The number of pyridine rings is 1. The molecule has 1 amide bonds. The summed E-state index contributed by atoms with van der Waals surface area (Å²) in [6, 6.07) is 19.1. The monoisotopic (exact) mass is 346 g/mol. The minimum absolute atomic E-state index is 0.224. The number of para-hydroxylation sites is 1. The number of fused-ring (bicyclic) bond motifs is 1. The van der Waals surface area contributed by atoms with Crippen LogP contribution in [0.2, 0.25) is 0 Å². The number of benzene rings is 2. The quantitative estimate of drug-likeness (QED) is 0.563. The van der Waals surface area contributed by atoms with Crippen LogP contribution in [0.25, 0.3) is 10.9 Å². The second-order valence-corrected chi connectivity index (χ2v) is 6.25. The van der Waals surface area contributed by atoms with Gasteiger partial charge in [0, 0.05) is 28.3 Å². The van der Waals surface area contributed by atoms with E-state index in [-0.39, 0.29) is 5.91 Å². The normalized spacial score (nSPS) is 10.6. The van der Waals surface area contributed by atoms with E-state index in [4.69, 9.17) is 0 Å². The van der Waals surface area contributed by atoms with Crippen molar-refractivity contribution >= 4 is 44.7 Å². The van der Waals surface area contributed by atoms with Crippen LogP contribution in [0.3, 0.4) is 0 Å². The van der Waals surface area contributed by atoms with Gasteiger partial charge in [0.2, 0.25) is 0 Å². The molecule has 0 aliphatic carbocycles. The van der Waals surface area contributed by atoms with Crippen LogP contribution in [0.1, 0.15) is 10.5 Å². The first-order chi connectivity index (χ1) is 12.3. The molecule has 25 heavy (non-hydrogen) atoms. The first-order valence-corrected chi connectivity index (χ1v) is 8.60. The number of hydrogen-bond acceptors (Lipinski definition) is 5. The van der Waals surface area contributed by atoms with Crippen LogP contribution < -0.4 is 10.6 Å². The van der Waals surface area contributed by atoms with Crippen LogP contribution in [0.15, 0.2) is 72.2 Å². The summed E-state index contributed by atoms with van der Waals surface area (Å²) >= 11 is 1.39. The second-order valence-electron chi connectivity index (χ2n) is 5.39. The van der Waals surface area contributed by atoms with Crippen LogP contribution in [0.4, 0.5) is 16.5 Å². The summed E-state index contributed by atoms with van der Waals surface area (Å²) in [5, 5.41) is 9.52. The van der Waals surface area contributed by atoms with E-state index in [9.17, 15) is 4.79 Å². The summed E-state index contributed by atoms with van der Waals surface area (Å²) in [5.74, 6) is -0.224. The Balaban J connectivity index is 1.49. The average molecular weight is 346 g/mol. The number of hydrogen-bond donors (Lipinski definition) is 2. The van der Waals surface area contributed by atoms with Gasteiger partial charge in [-0.25, -0.2) is 4.98 Å². The average Bonchev–Trinajstić information content (AvgIpc) is 3.11. The highest BCUT2D eigenvalue weighted by Crippen LogP contribution is 2.24. The van der Waals surface area contributed by atoms with Crippen molar-refractivity contribution in [3.8, 4) is 0 Å². The fourth-order valence-electron chi connectivity index (χ4n) is 2.43. The van der Waals surface area contributed by atoms with Gasteiger partial charge in [0.05, 0.1) is 5.52 Å². The molecule has 122 valence electrons. The van der Waals surface area contributed by atoms with Gasteiger partial charge < -0.3 is 10.6 Å². The molecule has 4 rings (SSSR count). The standard InChI is InChI=1S/C19H14N4OS/c24-18(21-14-6-2-1-3-7-14)17-12-25-19(23-17)22-15-8-9-16-13(11-15)5-4-10-20-16/h1-12H,(H,21,24)(H,22,23). The smallest absolute Gasteiger partial charge is 0.275 e. The second kappa shape index (κ2) is 6.70. The van der Waals surface area contributed by atoms with Gasteiger partial charge in [0.15, 0.2) is 5.13 Å². The summed E-state index contributed by atoms with van der Waals surface area (Å²) in [6.45, 7) is 0. The van der Waals surface area contributed by atoms with E-state index in [1.165, 1.54) is 11.3 Å². The van der Waals surface area contributed by atoms with Crippen LogP contribution >= 0.6 is 11.3 Å². The van der Waals surface area contributed by atoms with Gasteiger partial charge in [-0.15, -0.1) is 11.3 Å². The summed E-state index contributed by atoms with van der Waals surface area (Å²) in [5.41, 5.74) is 2.98. The van der Waals surface area contributed by atoms with E-state index in [1.54, 1.807) is 11.6 Å². The number of nitrogens with zero attached hydrogens (tertiary/aromatic N) is 2. The first kappa shape index (κ1) is 15.3. The zero-order chi connectivity index (χ0) is 17.1. The third kappa shape index (κ3) is 3.49. The van der Waals surface area contributed by atoms with Crippen LogP contribution in [0.5, 0.6) is 0 Å². The molecule has 6 heteroatoms. The van der Waals surface area contributed by atoms with E-state index in [0.717, 1.165) is 22.3 Å². The van der Waals surface area contributed by atoms with E-state index in [0.29, 0.717) is 10.8 Å². The molecule has 0 spiro atoms. The lowest BCUT2D eigenvalue weighted by atomic mass is 10.2. The molecule has 2 aromatic heterocycles. The third-order valence-electron chi connectivity index (χ3n) is 3.62. The molecule has 2 heterocycles. The Morgan fingerprint density at radius 1 is 0.960 bits per heavy atom. The Morgan fingerprint density at radius 3 is 2.72 bits per heavy atom. The van der Waals surface area contributed by atoms with Crippen molar-refractivity contribution in [1.82, 2.24) is 9.97 Å². The third-order valence-corrected chi connectivity index (χ3v) is 4.38. The molecule has 5 nitrogen and oxygen atoms in total. The Bertz CT molecular complexity index is 1030. The Hall–Kier alpha value is -3.25. The van der Waals surface area contributed by atoms with Crippen molar-refractivity contribution in [3.63, 3.8) is 0 Å².